The summed E-state index contributed by atoms with van der Waals surface area (Å²) >= 11 is 0. The maximum Gasteiger partial charge on any atom is 0.269 e. The maximum atomic E-state index is 13.0. The Labute approximate surface area is 169 Å². The van der Waals surface area contributed by atoms with E-state index in [2.05, 4.69) is 10.4 Å². The number of hydrogen-bond donors (Lipinski definition) is 1. The molecule has 1 heterocycles. The van der Waals surface area contributed by atoms with Crippen molar-refractivity contribution in [3.63, 3.8) is 0 Å². The van der Waals surface area contributed by atoms with Gasteiger partial charge in [0.25, 0.3) is 5.91 Å². The molecule has 0 bridgehead atoms. The summed E-state index contributed by atoms with van der Waals surface area (Å²) in [5, 5.41) is 7.48. The Balaban J connectivity index is 1.86. The lowest BCUT2D eigenvalue weighted by atomic mass is 10.1. The monoisotopic (exact) mass is 397 g/mol. The molecule has 0 saturated carbocycles. The van der Waals surface area contributed by atoms with Crippen LogP contribution in [0.4, 0.5) is 4.39 Å². The fourth-order valence-electron chi connectivity index (χ4n) is 3.00. The van der Waals surface area contributed by atoms with Gasteiger partial charge < -0.3 is 14.8 Å². The topological polar surface area (TPSA) is 65.4 Å². The third kappa shape index (κ3) is 4.74. The van der Waals surface area contributed by atoms with E-state index in [-0.39, 0.29) is 11.7 Å². The number of aryl methyl sites for hydroxylation is 1. The van der Waals surface area contributed by atoms with E-state index < -0.39 is 0 Å². The summed E-state index contributed by atoms with van der Waals surface area (Å²) in [5.41, 5.74) is 2.70. The van der Waals surface area contributed by atoms with Gasteiger partial charge in [0.15, 0.2) is 0 Å². The number of halogens is 1. The van der Waals surface area contributed by atoms with Crippen molar-refractivity contribution >= 4 is 5.91 Å². The van der Waals surface area contributed by atoms with Gasteiger partial charge in [0.05, 0.1) is 19.9 Å². The van der Waals surface area contributed by atoms with Gasteiger partial charge >= 0.3 is 0 Å². The molecule has 3 aromatic rings. The molecule has 152 valence electrons. The number of hydrogen-bond acceptors (Lipinski definition) is 4. The minimum absolute atomic E-state index is 0.242. The van der Waals surface area contributed by atoms with Crippen LogP contribution in [0.5, 0.6) is 11.5 Å². The van der Waals surface area contributed by atoms with Crippen LogP contribution in [0, 0.1) is 5.82 Å². The number of benzene rings is 2. The molecule has 1 aromatic heterocycles. The Morgan fingerprint density at radius 3 is 2.52 bits per heavy atom. The predicted molar refractivity (Wildman–Crippen MR) is 109 cm³/mol. The molecule has 0 aliphatic carbocycles. The molecule has 0 unspecified atom stereocenters. The second kappa shape index (κ2) is 9.23. The minimum atomic E-state index is -0.306. The third-order valence-corrected chi connectivity index (χ3v) is 4.50. The van der Waals surface area contributed by atoms with Gasteiger partial charge in [-0.1, -0.05) is 19.1 Å². The van der Waals surface area contributed by atoms with Crippen LogP contribution in [0.2, 0.25) is 0 Å². The first kappa shape index (κ1) is 20.4. The average molecular weight is 397 g/mol. The highest BCUT2D eigenvalue weighted by Gasteiger charge is 2.18. The summed E-state index contributed by atoms with van der Waals surface area (Å²) in [6.07, 6.45) is 0.832. The van der Waals surface area contributed by atoms with Crippen LogP contribution in [0.1, 0.15) is 29.4 Å². The Morgan fingerprint density at radius 1 is 1.10 bits per heavy atom. The number of nitrogens with one attached hydrogen (secondary N) is 1. The molecule has 3 rings (SSSR count). The first-order valence-electron chi connectivity index (χ1n) is 9.38. The molecule has 1 amide bonds. The molecule has 2 aromatic carbocycles. The van der Waals surface area contributed by atoms with Crippen molar-refractivity contribution in [1.82, 2.24) is 15.1 Å². The number of carbonyl (C=O) groups excluding carboxylic acids is 1. The predicted octanol–water partition coefficient (Wildman–Crippen LogP) is 4.05. The van der Waals surface area contributed by atoms with E-state index >= 15 is 0 Å². The molecule has 0 aliphatic heterocycles. The highest BCUT2D eigenvalue weighted by Crippen LogP contribution is 2.33. The van der Waals surface area contributed by atoms with Gasteiger partial charge in [-0.2, -0.15) is 5.10 Å². The normalized spacial score (nSPS) is 10.6. The van der Waals surface area contributed by atoms with Crippen LogP contribution in [0.25, 0.3) is 11.3 Å². The zero-order valence-electron chi connectivity index (χ0n) is 16.7. The number of nitrogens with zero attached hydrogens (tertiary/aromatic N) is 2. The molecule has 1 N–H and O–H groups in total. The van der Waals surface area contributed by atoms with Crippen molar-refractivity contribution in [2.75, 3.05) is 14.2 Å². The molecule has 0 fully saturated rings. The van der Waals surface area contributed by atoms with Crippen LogP contribution >= 0.6 is 0 Å². The number of carbonyl (C=O) groups is 1. The summed E-state index contributed by atoms with van der Waals surface area (Å²) in [7, 11) is 3.17. The molecule has 0 saturated heterocycles. The van der Waals surface area contributed by atoms with Crippen LogP contribution in [-0.4, -0.2) is 29.9 Å². The van der Waals surface area contributed by atoms with Gasteiger partial charge in [-0.3, -0.25) is 9.48 Å². The summed E-state index contributed by atoms with van der Waals surface area (Å²) in [6.45, 7) is 2.94. The van der Waals surface area contributed by atoms with Gasteiger partial charge in [0.2, 0.25) is 0 Å². The molecule has 0 radical (unpaired) electrons. The van der Waals surface area contributed by atoms with Gasteiger partial charge in [-0.25, -0.2) is 4.39 Å². The van der Waals surface area contributed by atoms with Gasteiger partial charge in [0.1, 0.15) is 23.0 Å². The largest absolute Gasteiger partial charge is 0.497 e. The highest BCUT2D eigenvalue weighted by atomic mass is 19.1. The Morgan fingerprint density at radius 2 is 1.86 bits per heavy atom. The third-order valence-electron chi connectivity index (χ3n) is 4.50. The molecule has 29 heavy (non-hydrogen) atoms. The molecular formula is C22H24FN3O3. The van der Waals surface area contributed by atoms with Crippen molar-refractivity contribution in [3.8, 4) is 22.8 Å². The van der Waals surface area contributed by atoms with E-state index in [1.54, 1.807) is 43.2 Å². The number of ether oxygens (including phenoxy) is 2. The number of methoxy groups -OCH3 is 2. The zero-order chi connectivity index (χ0) is 20.8. The van der Waals surface area contributed by atoms with Crippen LogP contribution in [0.3, 0.4) is 0 Å². The summed E-state index contributed by atoms with van der Waals surface area (Å²) in [6, 6.07) is 13.2. The Bertz CT molecular complexity index is 983. The SMILES string of the molecule is CCCn1nc(-c2ccc(OC)cc2OC)cc1C(=O)NCc1ccc(F)cc1. The van der Waals surface area contributed by atoms with Crippen LogP contribution in [0.15, 0.2) is 48.5 Å². The fraction of sp³-hybridized carbons (Fsp3) is 0.273. The number of aromatic nitrogens is 2. The highest BCUT2D eigenvalue weighted by molar-refractivity contribution is 5.94. The molecule has 0 spiro atoms. The van der Waals surface area contributed by atoms with E-state index in [0.29, 0.717) is 36.0 Å². The Kier molecular flexibility index (Phi) is 6.49. The van der Waals surface area contributed by atoms with E-state index in [4.69, 9.17) is 9.47 Å². The maximum absolute atomic E-state index is 13.0. The smallest absolute Gasteiger partial charge is 0.269 e. The van der Waals surface area contributed by atoms with E-state index in [0.717, 1.165) is 17.5 Å². The standard InChI is InChI=1S/C22H24FN3O3/c1-4-11-26-20(22(27)24-14-15-5-7-16(23)8-6-15)13-19(25-26)18-10-9-17(28-2)12-21(18)29-3/h5-10,12-13H,4,11,14H2,1-3H3,(H,24,27). The van der Waals surface area contributed by atoms with E-state index in [1.165, 1.54) is 12.1 Å². The minimum Gasteiger partial charge on any atom is -0.497 e. The Hall–Kier alpha value is -3.35. The van der Waals surface area contributed by atoms with Crippen molar-refractivity contribution in [3.05, 3.63) is 65.6 Å². The summed E-state index contributed by atoms with van der Waals surface area (Å²) < 4.78 is 25.4. The quantitative estimate of drug-likeness (QED) is 0.623. The molecule has 0 aliphatic rings. The summed E-state index contributed by atoms with van der Waals surface area (Å²) in [5.74, 6) is 0.743. The second-order valence-electron chi connectivity index (χ2n) is 6.51. The first-order chi connectivity index (χ1) is 14.0. The molecular weight excluding hydrogens is 373 g/mol. The molecule has 0 atom stereocenters. The lowest BCUT2D eigenvalue weighted by Gasteiger charge is -2.08. The molecule has 7 heteroatoms. The van der Waals surface area contributed by atoms with E-state index in [1.807, 2.05) is 19.1 Å². The molecule has 6 nitrogen and oxygen atoms in total. The zero-order valence-corrected chi connectivity index (χ0v) is 16.7. The fourth-order valence-corrected chi connectivity index (χ4v) is 3.00. The number of amides is 1. The lowest BCUT2D eigenvalue weighted by Crippen LogP contribution is -2.25. The van der Waals surface area contributed by atoms with Crippen molar-refractivity contribution < 1.29 is 18.7 Å². The first-order valence-corrected chi connectivity index (χ1v) is 9.38. The van der Waals surface area contributed by atoms with Crippen molar-refractivity contribution in [1.29, 1.82) is 0 Å². The van der Waals surface area contributed by atoms with Crippen molar-refractivity contribution in [2.24, 2.45) is 0 Å². The van der Waals surface area contributed by atoms with Gasteiger partial charge in [-0.05, 0) is 42.3 Å². The second-order valence-corrected chi connectivity index (χ2v) is 6.51. The lowest BCUT2D eigenvalue weighted by molar-refractivity contribution is 0.0940. The van der Waals surface area contributed by atoms with Crippen LogP contribution in [-0.2, 0) is 13.1 Å². The van der Waals surface area contributed by atoms with Crippen LogP contribution < -0.4 is 14.8 Å². The van der Waals surface area contributed by atoms with E-state index in [9.17, 15) is 9.18 Å². The van der Waals surface area contributed by atoms with Crippen molar-refractivity contribution in [2.45, 2.75) is 26.4 Å². The van der Waals surface area contributed by atoms with Gasteiger partial charge in [0, 0.05) is 24.7 Å². The summed E-state index contributed by atoms with van der Waals surface area (Å²) in [4.78, 5) is 12.8. The average Bonchev–Trinajstić information content (AvgIpc) is 3.16. The van der Waals surface area contributed by atoms with Gasteiger partial charge in [-0.15, -0.1) is 0 Å². The number of rotatable bonds is 8.